The van der Waals surface area contributed by atoms with Gasteiger partial charge in [-0.25, -0.2) is 0 Å². The second-order valence-electron chi connectivity index (χ2n) is 6.32. The minimum absolute atomic E-state index is 0.536. The van der Waals surface area contributed by atoms with Gasteiger partial charge in [0.25, 0.3) is 0 Å². The van der Waals surface area contributed by atoms with Gasteiger partial charge in [0.05, 0.1) is 0 Å². The van der Waals surface area contributed by atoms with Gasteiger partial charge in [0.2, 0.25) is 0 Å². The summed E-state index contributed by atoms with van der Waals surface area (Å²) in [6.45, 7) is 2.29. The Kier molecular flexibility index (Phi) is 5.06. The fraction of sp³-hybridized carbons (Fsp3) is 0.938. The van der Waals surface area contributed by atoms with Crippen LogP contribution in [0.25, 0.3) is 0 Å². The highest BCUT2D eigenvalue weighted by Gasteiger charge is 2.30. The zero-order valence-corrected chi connectivity index (χ0v) is 11.4. The van der Waals surface area contributed by atoms with E-state index in [-0.39, 0.29) is 0 Å². The third-order valence-electron chi connectivity index (χ3n) is 5.04. The van der Waals surface area contributed by atoms with E-state index in [4.69, 9.17) is 0 Å². The quantitative estimate of drug-likeness (QED) is 0.689. The summed E-state index contributed by atoms with van der Waals surface area (Å²) in [5.41, 5.74) is 0. The number of rotatable bonds is 4. The second-order valence-corrected chi connectivity index (χ2v) is 6.32. The summed E-state index contributed by atoms with van der Waals surface area (Å²) in [6, 6.07) is 0. The Bertz CT molecular complexity index is 238. The third kappa shape index (κ3) is 3.82. The summed E-state index contributed by atoms with van der Waals surface area (Å²) in [7, 11) is 0. The molecule has 0 radical (unpaired) electrons. The number of ketones is 1. The van der Waals surface area contributed by atoms with E-state index in [1.54, 1.807) is 0 Å². The van der Waals surface area contributed by atoms with Crippen molar-refractivity contribution < 1.29 is 4.79 Å². The van der Waals surface area contributed by atoms with Crippen LogP contribution in [0, 0.1) is 17.8 Å². The molecule has 98 valence electrons. The smallest absolute Gasteiger partial charge is 0.133 e. The number of carbonyl (C=O) groups excluding carboxylic acids is 1. The van der Waals surface area contributed by atoms with Gasteiger partial charge in [-0.1, -0.05) is 39.0 Å². The van der Waals surface area contributed by atoms with Crippen molar-refractivity contribution in [1.29, 1.82) is 0 Å². The molecule has 1 nitrogen and oxygen atoms in total. The molecule has 0 amide bonds. The molecule has 2 aliphatic carbocycles. The van der Waals surface area contributed by atoms with Gasteiger partial charge in [0, 0.05) is 12.8 Å². The highest BCUT2D eigenvalue weighted by Crippen LogP contribution is 2.40. The molecule has 2 aliphatic rings. The maximum Gasteiger partial charge on any atom is 0.133 e. The highest BCUT2D eigenvalue weighted by molar-refractivity contribution is 5.79. The Morgan fingerprint density at radius 3 is 2.47 bits per heavy atom. The first-order valence-electron chi connectivity index (χ1n) is 7.81. The van der Waals surface area contributed by atoms with E-state index in [0.717, 1.165) is 30.6 Å². The molecule has 0 bridgehead atoms. The molecule has 0 aromatic carbocycles. The maximum atomic E-state index is 11.5. The predicted molar refractivity (Wildman–Crippen MR) is 71.9 cm³/mol. The lowest BCUT2D eigenvalue weighted by atomic mass is 9.70. The molecule has 0 spiro atoms. The van der Waals surface area contributed by atoms with Gasteiger partial charge in [0.15, 0.2) is 0 Å². The van der Waals surface area contributed by atoms with Crippen LogP contribution in [-0.4, -0.2) is 5.78 Å². The van der Waals surface area contributed by atoms with Crippen molar-refractivity contribution in [1.82, 2.24) is 0 Å². The van der Waals surface area contributed by atoms with Crippen LogP contribution in [0.3, 0.4) is 0 Å². The summed E-state index contributed by atoms with van der Waals surface area (Å²) in [5, 5.41) is 0. The normalized spacial score (nSPS) is 34.9. The number of hydrogen-bond donors (Lipinski definition) is 0. The Hall–Kier alpha value is -0.330. The standard InChI is InChI=1S/C16H28O/c1-2-3-5-13-8-10-14(11-9-13)15-6-4-7-16(17)12-15/h13-15H,2-12H2,1H3/t13-,14-,15?. The Morgan fingerprint density at radius 2 is 1.82 bits per heavy atom. The predicted octanol–water partition coefficient (Wildman–Crippen LogP) is 4.74. The minimum Gasteiger partial charge on any atom is -0.300 e. The second kappa shape index (κ2) is 6.56. The zero-order chi connectivity index (χ0) is 12.1. The maximum absolute atomic E-state index is 11.5. The molecule has 1 atom stereocenters. The molecule has 0 aromatic rings. The summed E-state index contributed by atoms with van der Waals surface area (Å²) in [6.07, 6.45) is 14.2. The molecule has 17 heavy (non-hydrogen) atoms. The third-order valence-corrected chi connectivity index (χ3v) is 5.04. The van der Waals surface area contributed by atoms with Gasteiger partial charge in [-0.15, -0.1) is 0 Å². The van der Waals surface area contributed by atoms with Gasteiger partial charge in [-0.05, 0) is 43.4 Å². The molecule has 1 heteroatoms. The summed E-state index contributed by atoms with van der Waals surface area (Å²) in [4.78, 5) is 11.5. The number of Topliss-reactive ketones (excluding diaryl/α,β-unsaturated/α-hetero) is 1. The average Bonchev–Trinajstić information content (AvgIpc) is 2.37. The van der Waals surface area contributed by atoms with Crippen LogP contribution in [-0.2, 0) is 4.79 Å². The fourth-order valence-electron chi connectivity index (χ4n) is 3.90. The van der Waals surface area contributed by atoms with Crippen LogP contribution in [0.2, 0.25) is 0 Å². The van der Waals surface area contributed by atoms with E-state index in [0.29, 0.717) is 5.78 Å². The van der Waals surface area contributed by atoms with Crippen molar-refractivity contribution >= 4 is 5.78 Å². The van der Waals surface area contributed by atoms with E-state index >= 15 is 0 Å². The van der Waals surface area contributed by atoms with Gasteiger partial charge in [-0.3, -0.25) is 4.79 Å². The lowest BCUT2D eigenvalue weighted by molar-refractivity contribution is -0.122. The first-order valence-corrected chi connectivity index (χ1v) is 7.81. The van der Waals surface area contributed by atoms with Gasteiger partial charge in [0.1, 0.15) is 5.78 Å². The minimum atomic E-state index is 0.536. The monoisotopic (exact) mass is 236 g/mol. The Balaban J connectivity index is 1.72. The van der Waals surface area contributed by atoms with Crippen molar-refractivity contribution in [2.75, 3.05) is 0 Å². The van der Waals surface area contributed by atoms with Crippen molar-refractivity contribution in [3.05, 3.63) is 0 Å². The van der Waals surface area contributed by atoms with E-state index < -0.39 is 0 Å². The molecular weight excluding hydrogens is 208 g/mol. The van der Waals surface area contributed by atoms with Crippen molar-refractivity contribution in [2.24, 2.45) is 17.8 Å². The lowest BCUT2D eigenvalue weighted by Crippen LogP contribution is -2.26. The van der Waals surface area contributed by atoms with Crippen LogP contribution in [0.1, 0.15) is 77.6 Å². The van der Waals surface area contributed by atoms with E-state index in [1.165, 1.54) is 57.8 Å². The first kappa shape index (κ1) is 13.1. The van der Waals surface area contributed by atoms with Crippen molar-refractivity contribution in [3.63, 3.8) is 0 Å². The average molecular weight is 236 g/mol. The summed E-state index contributed by atoms with van der Waals surface area (Å²) in [5.74, 6) is 3.18. The molecule has 0 N–H and O–H groups in total. The summed E-state index contributed by atoms with van der Waals surface area (Å²) >= 11 is 0. The molecule has 0 aromatic heterocycles. The number of carbonyl (C=O) groups is 1. The topological polar surface area (TPSA) is 17.1 Å². The van der Waals surface area contributed by atoms with E-state index in [9.17, 15) is 4.79 Å². The zero-order valence-electron chi connectivity index (χ0n) is 11.4. The van der Waals surface area contributed by atoms with Crippen LogP contribution >= 0.6 is 0 Å². The molecular formula is C16H28O. The fourth-order valence-corrected chi connectivity index (χ4v) is 3.90. The van der Waals surface area contributed by atoms with Crippen LogP contribution in [0.15, 0.2) is 0 Å². The largest absolute Gasteiger partial charge is 0.300 e. The van der Waals surface area contributed by atoms with Crippen LogP contribution in [0.5, 0.6) is 0 Å². The van der Waals surface area contributed by atoms with E-state index in [2.05, 4.69) is 6.92 Å². The SMILES string of the molecule is CCCC[C@H]1CC[C@H](C2CCCC(=O)C2)CC1. The summed E-state index contributed by atoms with van der Waals surface area (Å²) < 4.78 is 0. The number of hydrogen-bond acceptors (Lipinski definition) is 1. The highest BCUT2D eigenvalue weighted by atomic mass is 16.1. The van der Waals surface area contributed by atoms with Gasteiger partial charge >= 0.3 is 0 Å². The molecule has 2 fully saturated rings. The number of unbranched alkanes of at least 4 members (excludes halogenated alkanes) is 1. The Morgan fingerprint density at radius 1 is 1.06 bits per heavy atom. The van der Waals surface area contributed by atoms with Crippen molar-refractivity contribution in [3.8, 4) is 0 Å². The van der Waals surface area contributed by atoms with Gasteiger partial charge < -0.3 is 0 Å². The lowest BCUT2D eigenvalue weighted by Gasteiger charge is -2.35. The van der Waals surface area contributed by atoms with Crippen LogP contribution < -0.4 is 0 Å². The van der Waals surface area contributed by atoms with Gasteiger partial charge in [-0.2, -0.15) is 0 Å². The molecule has 0 aliphatic heterocycles. The first-order chi connectivity index (χ1) is 8.29. The molecule has 2 saturated carbocycles. The molecule has 2 rings (SSSR count). The molecule has 0 saturated heterocycles. The van der Waals surface area contributed by atoms with Crippen LogP contribution in [0.4, 0.5) is 0 Å². The Labute approximate surface area is 106 Å². The molecule has 0 heterocycles. The molecule has 1 unspecified atom stereocenters. The van der Waals surface area contributed by atoms with E-state index in [1.807, 2.05) is 0 Å². The van der Waals surface area contributed by atoms with Crippen molar-refractivity contribution in [2.45, 2.75) is 77.6 Å².